The van der Waals surface area contributed by atoms with Crippen molar-refractivity contribution in [3.8, 4) is 0 Å². The summed E-state index contributed by atoms with van der Waals surface area (Å²) in [7, 11) is 1.67. The highest BCUT2D eigenvalue weighted by Crippen LogP contribution is 2.26. The molecule has 2 aromatic rings. The summed E-state index contributed by atoms with van der Waals surface area (Å²) in [6.45, 7) is 0. The van der Waals surface area contributed by atoms with E-state index in [9.17, 15) is 4.79 Å². The van der Waals surface area contributed by atoms with E-state index in [1.54, 1.807) is 18.4 Å². The minimum Gasteiger partial charge on any atom is -0.480 e. The average Bonchev–Trinajstić information content (AvgIpc) is 2.69. The van der Waals surface area contributed by atoms with E-state index < -0.39 is 12.0 Å². The number of likely N-dealkylation sites (N-methyl/N-ethyl adjacent to an activating group) is 1. The number of thiophene rings is 1. The van der Waals surface area contributed by atoms with E-state index in [4.69, 9.17) is 5.11 Å². The Morgan fingerprint density at radius 1 is 1.50 bits per heavy atom. The van der Waals surface area contributed by atoms with Crippen LogP contribution in [0.4, 0.5) is 0 Å². The molecule has 2 N–H and O–H groups in total. The number of aliphatic carboxylic acids is 1. The summed E-state index contributed by atoms with van der Waals surface area (Å²) in [4.78, 5) is 10.9. The third-order valence-electron chi connectivity index (χ3n) is 2.63. The minimum absolute atomic E-state index is 0.516. The number of rotatable bonds is 4. The highest BCUT2D eigenvalue weighted by Gasteiger charge is 2.17. The molecule has 0 fully saturated rings. The van der Waals surface area contributed by atoms with Gasteiger partial charge in [-0.05, 0) is 35.9 Å². The van der Waals surface area contributed by atoms with Crippen molar-refractivity contribution in [1.29, 1.82) is 0 Å². The standard InChI is InChI=1S/C12H13NO2S/c1-13-10(12(14)15)6-8-7-16-11-5-3-2-4-9(8)11/h2-5,7,10,13H,6H2,1H3,(H,14,15). The molecule has 1 atom stereocenters. The van der Waals surface area contributed by atoms with Gasteiger partial charge in [-0.1, -0.05) is 18.2 Å². The largest absolute Gasteiger partial charge is 0.480 e. The zero-order valence-electron chi connectivity index (χ0n) is 8.93. The van der Waals surface area contributed by atoms with Gasteiger partial charge < -0.3 is 10.4 Å². The van der Waals surface area contributed by atoms with Crippen molar-refractivity contribution in [2.24, 2.45) is 0 Å². The lowest BCUT2D eigenvalue weighted by Crippen LogP contribution is -2.35. The Kier molecular flexibility index (Phi) is 3.22. The first-order valence-corrected chi connectivity index (χ1v) is 5.95. The second-order valence-corrected chi connectivity index (χ2v) is 4.55. The van der Waals surface area contributed by atoms with Gasteiger partial charge in [-0.15, -0.1) is 11.3 Å². The Morgan fingerprint density at radius 2 is 2.25 bits per heavy atom. The van der Waals surface area contributed by atoms with E-state index in [1.807, 2.05) is 23.6 Å². The lowest BCUT2D eigenvalue weighted by Gasteiger charge is -2.09. The van der Waals surface area contributed by atoms with Crippen molar-refractivity contribution in [2.45, 2.75) is 12.5 Å². The van der Waals surface area contributed by atoms with Gasteiger partial charge in [0.1, 0.15) is 6.04 Å². The number of carboxylic acids is 1. The van der Waals surface area contributed by atoms with Crippen LogP contribution in [0.15, 0.2) is 29.6 Å². The Morgan fingerprint density at radius 3 is 2.94 bits per heavy atom. The lowest BCUT2D eigenvalue weighted by molar-refractivity contribution is -0.139. The monoisotopic (exact) mass is 235 g/mol. The highest BCUT2D eigenvalue weighted by molar-refractivity contribution is 7.17. The quantitative estimate of drug-likeness (QED) is 0.853. The second-order valence-electron chi connectivity index (χ2n) is 3.64. The summed E-state index contributed by atoms with van der Waals surface area (Å²) < 4.78 is 1.21. The first kappa shape index (κ1) is 11.1. The van der Waals surface area contributed by atoms with Gasteiger partial charge >= 0.3 is 5.97 Å². The molecule has 4 heteroatoms. The van der Waals surface area contributed by atoms with Crippen molar-refractivity contribution in [2.75, 3.05) is 7.05 Å². The summed E-state index contributed by atoms with van der Waals surface area (Å²) in [6, 6.07) is 7.55. The molecule has 1 aromatic carbocycles. The molecule has 3 nitrogen and oxygen atoms in total. The summed E-state index contributed by atoms with van der Waals surface area (Å²) in [5.41, 5.74) is 1.10. The number of nitrogens with one attached hydrogen (secondary N) is 1. The molecule has 2 rings (SSSR count). The zero-order chi connectivity index (χ0) is 11.5. The van der Waals surface area contributed by atoms with Crippen molar-refractivity contribution >= 4 is 27.4 Å². The minimum atomic E-state index is -0.808. The predicted octanol–water partition coefficient (Wildman–Crippen LogP) is 2.12. The van der Waals surface area contributed by atoms with Crippen molar-refractivity contribution in [3.05, 3.63) is 35.2 Å². The number of hydrogen-bond donors (Lipinski definition) is 2. The van der Waals surface area contributed by atoms with Crippen LogP contribution < -0.4 is 5.32 Å². The lowest BCUT2D eigenvalue weighted by atomic mass is 10.1. The van der Waals surface area contributed by atoms with Crippen LogP contribution in [0.25, 0.3) is 10.1 Å². The van der Waals surface area contributed by atoms with Crippen molar-refractivity contribution < 1.29 is 9.90 Å². The van der Waals surface area contributed by atoms with E-state index in [2.05, 4.69) is 11.4 Å². The molecular formula is C12H13NO2S. The Labute approximate surface area is 97.7 Å². The van der Waals surface area contributed by atoms with Crippen LogP contribution in [0.2, 0.25) is 0 Å². The van der Waals surface area contributed by atoms with Gasteiger partial charge in [0.2, 0.25) is 0 Å². The molecular weight excluding hydrogens is 222 g/mol. The fourth-order valence-electron chi connectivity index (χ4n) is 1.72. The number of benzene rings is 1. The molecule has 0 amide bonds. The predicted molar refractivity (Wildman–Crippen MR) is 66.0 cm³/mol. The maximum atomic E-state index is 10.9. The molecule has 0 saturated carbocycles. The van der Waals surface area contributed by atoms with E-state index in [1.165, 1.54) is 4.70 Å². The molecule has 84 valence electrons. The van der Waals surface area contributed by atoms with Gasteiger partial charge in [-0.2, -0.15) is 0 Å². The van der Waals surface area contributed by atoms with Crippen LogP contribution in [0, 0.1) is 0 Å². The van der Waals surface area contributed by atoms with E-state index in [0.29, 0.717) is 6.42 Å². The van der Waals surface area contributed by atoms with E-state index in [-0.39, 0.29) is 0 Å². The van der Waals surface area contributed by atoms with Crippen molar-refractivity contribution in [3.63, 3.8) is 0 Å². The third kappa shape index (κ3) is 2.08. The molecule has 0 aliphatic carbocycles. The molecule has 0 spiro atoms. The normalized spacial score (nSPS) is 12.8. The summed E-state index contributed by atoms with van der Waals surface area (Å²) in [5, 5.41) is 15.0. The Bertz CT molecular complexity index is 506. The number of fused-ring (bicyclic) bond motifs is 1. The molecule has 0 bridgehead atoms. The number of carboxylic acid groups (broad SMARTS) is 1. The molecule has 0 aliphatic heterocycles. The van der Waals surface area contributed by atoms with Crippen LogP contribution in [-0.2, 0) is 11.2 Å². The maximum Gasteiger partial charge on any atom is 0.321 e. The Balaban J connectivity index is 2.30. The molecule has 0 radical (unpaired) electrons. The SMILES string of the molecule is CNC(Cc1csc2ccccc12)C(=O)O. The van der Waals surface area contributed by atoms with E-state index >= 15 is 0 Å². The van der Waals surface area contributed by atoms with Crippen LogP contribution in [0.3, 0.4) is 0 Å². The zero-order valence-corrected chi connectivity index (χ0v) is 9.75. The molecule has 0 aliphatic rings. The topological polar surface area (TPSA) is 49.3 Å². The fourth-order valence-corrected chi connectivity index (χ4v) is 2.70. The van der Waals surface area contributed by atoms with Crippen LogP contribution in [0.5, 0.6) is 0 Å². The average molecular weight is 235 g/mol. The highest BCUT2D eigenvalue weighted by atomic mass is 32.1. The first-order chi connectivity index (χ1) is 7.72. The molecule has 1 aromatic heterocycles. The fraction of sp³-hybridized carbons (Fsp3) is 0.250. The van der Waals surface area contributed by atoms with Gasteiger partial charge in [-0.3, -0.25) is 4.79 Å². The Hall–Kier alpha value is -1.39. The smallest absolute Gasteiger partial charge is 0.321 e. The summed E-state index contributed by atoms with van der Waals surface area (Å²) in [5.74, 6) is -0.808. The van der Waals surface area contributed by atoms with Gasteiger partial charge in [-0.25, -0.2) is 0 Å². The number of carbonyl (C=O) groups is 1. The molecule has 16 heavy (non-hydrogen) atoms. The van der Waals surface area contributed by atoms with Gasteiger partial charge in [0.25, 0.3) is 0 Å². The van der Waals surface area contributed by atoms with E-state index in [0.717, 1.165) is 10.9 Å². The molecule has 1 heterocycles. The van der Waals surface area contributed by atoms with Crippen LogP contribution >= 0.6 is 11.3 Å². The summed E-state index contributed by atoms with van der Waals surface area (Å²) >= 11 is 1.66. The molecule has 1 unspecified atom stereocenters. The maximum absolute atomic E-state index is 10.9. The van der Waals surface area contributed by atoms with Gasteiger partial charge in [0.15, 0.2) is 0 Å². The first-order valence-electron chi connectivity index (χ1n) is 5.07. The van der Waals surface area contributed by atoms with Gasteiger partial charge in [0, 0.05) is 4.70 Å². The van der Waals surface area contributed by atoms with Crippen LogP contribution in [0.1, 0.15) is 5.56 Å². The van der Waals surface area contributed by atoms with Crippen molar-refractivity contribution in [1.82, 2.24) is 5.32 Å². The third-order valence-corrected chi connectivity index (χ3v) is 3.64. The number of hydrogen-bond acceptors (Lipinski definition) is 3. The summed E-state index contributed by atoms with van der Waals surface area (Å²) in [6.07, 6.45) is 0.524. The van der Waals surface area contributed by atoms with Gasteiger partial charge in [0.05, 0.1) is 0 Å². The second kappa shape index (κ2) is 4.63. The molecule has 0 saturated heterocycles. The van der Waals surface area contributed by atoms with Crippen LogP contribution in [-0.4, -0.2) is 24.2 Å².